The van der Waals surface area contributed by atoms with Crippen LogP contribution in [-0.2, 0) is 20.6 Å². The third kappa shape index (κ3) is 6.13. The Balaban J connectivity index is 0.00000182. The average molecular weight is 582 g/mol. The zero-order chi connectivity index (χ0) is 17.5. The largest absolute Gasteiger partial charge is 1.00 e. The molecule has 1 aromatic carbocycles. The summed E-state index contributed by atoms with van der Waals surface area (Å²) in [7, 11) is 0. The maximum absolute atomic E-state index is 4.03. The van der Waals surface area contributed by atoms with Gasteiger partial charge >= 0.3 is 161 Å². The molecule has 3 rings (SSSR count). The molecule has 0 aromatic heterocycles. The van der Waals surface area contributed by atoms with Crippen LogP contribution < -0.4 is 30.0 Å². The summed E-state index contributed by atoms with van der Waals surface area (Å²) in [4.78, 5) is 0. The van der Waals surface area contributed by atoms with Gasteiger partial charge in [-0.1, -0.05) is 0 Å². The van der Waals surface area contributed by atoms with Crippen molar-refractivity contribution in [2.45, 2.75) is 12.8 Å². The van der Waals surface area contributed by atoms with E-state index in [0.29, 0.717) is 0 Å². The van der Waals surface area contributed by atoms with E-state index in [1.807, 2.05) is 0 Å². The van der Waals surface area contributed by atoms with E-state index in [2.05, 4.69) is 96.7 Å². The molecule has 5 heteroatoms. The zero-order valence-corrected chi connectivity index (χ0v) is 21.8. The molecule has 0 heterocycles. The van der Waals surface area contributed by atoms with Crippen molar-refractivity contribution in [3.05, 3.63) is 98.8 Å². The molecule has 0 aliphatic heterocycles. The van der Waals surface area contributed by atoms with E-state index >= 15 is 0 Å². The van der Waals surface area contributed by atoms with E-state index < -0.39 is 26.8 Å². The van der Waals surface area contributed by atoms with Crippen molar-refractivity contribution in [3.8, 4) is 0 Å². The molecular formula is C22H26Cl2HfNSi. The topological polar surface area (TPSA) is 3.24 Å². The molecule has 0 fully saturated rings. The minimum atomic E-state index is -2.17. The van der Waals surface area contributed by atoms with E-state index in [1.165, 1.54) is 12.8 Å². The van der Waals surface area contributed by atoms with E-state index in [0.717, 1.165) is 13.1 Å². The Morgan fingerprint density at radius 3 is 1.81 bits per heavy atom. The van der Waals surface area contributed by atoms with Gasteiger partial charge in [-0.05, 0) is 0 Å². The van der Waals surface area contributed by atoms with Crippen molar-refractivity contribution >= 4 is 11.3 Å². The van der Waals surface area contributed by atoms with Gasteiger partial charge in [0, 0.05) is 0 Å². The molecule has 0 radical (unpaired) electrons. The summed E-state index contributed by atoms with van der Waals surface area (Å²) in [5.74, 6) is 0. The molecule has 0 amide bonds. The van der Waals surface area contributed by atoms with Crippen molar-refractivity contribution in [1.82, 2.24) is 4.57 Å². The maximum Gasteiger partial charge on any atom is -1.00 e. The second kappa shape index (κ2) is 12.7. The quantitative estimate of drug-likeness (QED) is 0.244. The molecule has 27 heavy (non-hydrogen) atoms. The van der Waals surface area contributed by atoms with Gasteiger partial charge in [-0.2, -0.15) is 0 Å². The van der Waals surface area contributed by atoms with E-state index in [-0.39, 0.29) is 24.8 Å². The van der Waals surface area contributed by atoms with Gasteiger partial charge < -0.3 is 24.8 Å². The Morgan fingerprint density at radius 2 is 1.41 bits per heavy atom. The molecule has 1 unspecified atom stereocenters. The summed E-state index contributed by atoms with van der Waals surface area (Å²) in [6.45, 7) is 9.99. The summed E-state index contributed by atoms with van der Waals surface area (Å²) in [6.07, 6.45) is 19.3. The molecule has 0 saturated carbocycles. The third-order valence-corrected chi connectivity index (χ3v) is 34.6. The number of hydrogen-bond acceptors (Lipinski definition) is 1. The van der Waals surface area contributed by atoms with Gasteiger partial charge in [0.1, 0.15) is 0 Å². The van der Waals surface area contributed by atoms with Gasteiger partial charge in [0.15, 0.2) is 0 Å². The van der Waals surface area contributed by atoms with Crippen LogP contribution in [0.25, 0.3) is 0 Å². The molecule has 0 spiro atoms. The van der Waals surface area contributed by atoms with Gasteiger partial charge in [0.25, 0.3) is 0 Å². The van der Waals surface area contributed by atoms with Crippen LogP contribution in [0, 0.1) is 0 Å². The molecule has 0 saturated heterocycles. The van der Waals surface area contributed by atoms with Crippen LogP contribution in [0.3, 0.4) is 0 Å². The molecule has 2 aliphatic carbocycles. The number of rotatable bonds is 9. The molecule has 141 valence electrons. The SMILES string of the molecule is C=CCN(CC=C)[SiH](c1ccccc1)[Hf+2]([C]1=CC=CC1)[C]1=CC=CC1.[Cl-].[Cl-]. The van der Waals surface area contributed by atoms with E-state index in [1.54, 1.807) is 11.8 Å². The molecule has 1 atom stereocenters. The minimum absolute atomic E-state index is 0. The Morgan fingerprint density at radius 1 is 0.889 bits per heavy atom. The van der Waals surface area contributed by atoms with Crippen molar-refractivity contribution in [2.24, 2.45) is 0 Å². The standard InChI is InChI=1S/C12H16NSi.2C5H5.2ClH.Hf/c1-3-10-13(11-4-2)14-12-8-6-5-7-9-12;2*1-2-4-5-3-1;;;/h3-9,14H,1-2,10-11H2;2*1-3H,4H2;2*1H;/q;;;;;+2/p-2. The Labute approximate surface area is 184 Å². The second-order valence-electron chi connectivity index (χ2n) is 6.41. The van der Waals surface area contributed by atoms with Crippen LogP contribution in [0.2, 0.25) is 0 Å². The summed E-state index contributed by atoms with van der Waals surface area (Å²) in [5, 5.41) is 1.59. The van der Waals surface area contributed by atoms with Crippen molar-refractivity contribution in [3.63, 3.8) is 0 Å². The van der Waals surface area contributed by atoms with Crippen LogP contribution in [-0.4, -0.2) is 23.8 Å². The number of hydrogen-bond donors (Lipinski definition) is 0. The zero-order valence-electron chi connectivity index (χ0n) is 15.5. The monoisotopic (exact) mass is 582 g/mol. The summed E-state index contributed by atoms with van der Waals surface area (Å²) < 4.78 is 6.27. The predicted octanol–water partition coefficient (Wildman–Crippen LogP) is -1.90. The van der Waals surface area contributed by atoms with Crippen molar-refractivity contribution in [2.75, 3.05) is 13.1 Å². The van der Waals surface area contributed by atoms with E-state index in [4.69, 9.17) is 0 Å². The van der Waals surface area contributed by atoms with Gasteiger partial charge in [-0.3, -0.25) is 0 Å². The first-order valence-electron chi connectivity index (χ1n) is 8.95. The first kappa shape index (κ1) is 24.3. The van der Waals surface area contributed by atoms with Gasteiger partial charge in [-0.25, -0.2) is 0 Å². The van der Waals surface area contributed by atoms with E-state index in [9.17, 15) is 0 Å². The number of allylic oxidation sites excluding steroid dienone is 8. The fourth-order valence-electron chi connectivity index (χ4n) is 3.66. The Bertz CT molecular complexity index is 700. The second-order valence-corrected chi connectivity index (χ2v) is 26.8. The van der Waals surface area contributed by atoms with Gasteiger partial charge in [-0.15, -0.1) is 0 Å². The van der Waals surface area contributed by atoms with Crippen LogP contribution in [0.15, 0.2) is 98.8 Å². The molecular weight excluding hydrogens is 556 g/mol. The molecule has 0 N–H and O–H groups in total. The van der Waals surface area contributed by atoms with Gasteiger partial charge in [0.2, 0.25) is 0 Å². The minimum Gasteiger partial charge on any atom is -1.00 e. The normalized spacial score (nSPS) is 15.4. The first-order valence-corrected chi connectivity index (χ1v) is 20.4. The number of benzene rings is 1. The molecule has 0 bridgehead atoms. The molecule has 1 aromatic rings. The van der Waals surface area contributed by atoms with Crippen LogP contribution in [0.1, 0.15) is 12.8 Å². The fourth-order valence-corrected chi connectivity index (χ4v) is 35.6. The maximum atomic E-state index is 4.03. The Kier molecular flexibility index (Phi) is 11.4. The fraction of sp³-hybridized carbons (Fsp3) is 0.182. The predicted molar refractivity (Wildman–Crippen MR) is 109 cm³/mol. The summed E-state index contributed by atoms with van der Waals surface area (Å²) in [5.41, 5.74) is 0. The van der Waals surface area contributed by atoms with Crippen LogP contribution in [0.5, 0.6) is 0 Å². The first-order chi connectivity index (χ1) is 12.3. The van der Waals surface area contributed by atoms with Crippen molar-refractivity contribution in [1.29, 1.82) is 0 Å². The average Bonchev–Trinajstić information content (AvgIpc) is 3.34. The van der Waals surface area contributed by atoms with Crippen LogP contribution >= 0.6 is 0 Å². The Hall–Kier alpha value is -0.713. The third-order valence-electron chi connectivity index (χ3n) is 4.72. The van der Waals surface area contributed by atoms with Crippen LogP contribution in [0.4, 0.5) is 0 Å². The molecule has 1 nitrogen and oxygen atoms in total. The smallest absolute Gasteiger partial charge is 1.00 e. The summed E-state index contributed by atoms with van der Waals surface area (Å²) in [6, 6.07) is 11.3. The van der Waals surface area contributed by atoms with Gasteiger partial charge in [0.05, 0.1) is 0 Å². The van der Waals surface area contributed by atoms with Crippen molar-refractivity contribution < 1.29 is 45.4 Å². The number of nitrogens with zero attached hydrogens (tertiary/aromatic N) is 1. The summed E-state index contributed by atoms with van der Waals surface area (Å²) >= 11 is -2.17. The molecule has 2 aliphatic rings. The number of halogens is 2.